The van der Waals surface area contributed by atoms with Gasteiger partial charge in [-0.05, 0) is 48.1 Å². The zero-order chi connectivity index (χ0) is 19.1. The summed E-state index contributed by atoms with van der Waals surface area (Å²) >= 11 is 0. The summed E-state index contributed by atoms with van der Waals surface area (Å²) in [5.41, 5.74) is 13.3. The van der Waals surface area contributed by atoms with E-state index in [1.54, 1.807) is 0 Å². The molecular weight excluding hydrogens is 326 g/mol. The second-order valence-electron chi connectivity index (χ2n) is 6.99. The van der Waals surface area contributed by atoms with Gasteiger partial charge in [0.25, 0.3) is 0 Å². The largest absolute Gasteiger partial charge is 0.325 e. The zero-order valence-electron chi connectivity index (χ0n) is 16.1. The zero-order valence-corrected chi connectivity index (χ0v) is 16.1. The number of nitrogens with two attached hydrogens (primary N) is 1. The van der Waals surface area contributed by atoms with Crippen LogP contribution in [-0.2, 0) is 6.42 Å². The fourth-order valence-corrected chi connectivity index (χ4v) is 3.11. The molecule has 3 aromatic carbocycles. The minimum Gasteiger partial charge on any atom is -0.325 e. The Hall–Kier alpha value is -2.90. The lowest BCUT2D eigenvalue weighted by atomic mass is 9.93. The van der Waals surface area contributed by atoms with Crippen molar-refractivity contribution < 1.29 is 0 Å². The van der Waals surface area contributed by atoms with E-state index in [4.69, 9.17) is 5.73 Å². The third-order valence-electron chi connectivity index (χ3n) is 4.54. The molecule has 0 radical (unpaired) electrons. The van der Waals surface area contributed by atoms with E-state index < -0.39 is 0 Å². The second-order valence-corrected chi connectivity index (χ2v) is 6.99. The molecule has 1 nitrogen and oxygen atoms in total. The predicted octanol–water partition coefficient (Wildman–Crippen LogP) is 6.33. The average Bonchev–Trinajstić information content (AvgIpc) is 2.68. The van der Waals surface area contributed by atoms with E-state index in [1.807, 2.05) is 19.1 Å². The highest BCUT2D eigenvalue weighted by atomic mass is 14.6. The highest BCUT2D eigenvalue weighted by molar-refractivity contribution is 5.83. The van der Waals surface area contributed by atoms with Crippen LogP contribution in [0.5, 0.6) is 0 Å². The second kappa shape index (κ2) is 9.16. The van der Waals surface area contributed by atoms with Gasteiger partial charge in [0.15, 0.2) is 0 Å². The number of hydrogen-bond donors (Lipinski definition) is 1. The Morgan fingerprint density at radius 1 is 0.815 bits per heavy atom. The van der Waals surface area contributed by atoms with E-state index in [0.717, 1.165) is 6.42 Å². The molecule has 0 saturated heterocycles. The Morgan fingerprint density at radius 3 is 2.22 bits per heavy atom. The summed E-state index contributed by atoms with van der Waals surface area (Å²) in [7, 11) is 0. The maximum Gasteiger partial charge on any atom is 0.0197 e. The van der Waals surface area contributed by atoms with Gasteiger partial charge in [-0.3, -0.25) is 0 Å². The van der Waals surface area contributed by atoms with Crippen molar-refractivity contribution in [2.45, 2.75) is 26.3 Å². The van der Waals surface area contributed by atoms with Gasteiger partial charge in [-0.1, -0.05) is 103 Å². The molecule has 3 rings (SSSR count). The molecule has 0 aliphatic heterocycles. The van der Waals surface area contributed by atoms with E-state index in [-0.39, 0.29) is 6.04 Å². The SMILES string of the molecule is Cc1ccc(-c2ccccc2-c2cccc(C/C=C\C=C/C(C)N)c2)cc1. The van der Waals surface area contributed by atoms with Crippen LogP contribution >= 0.6 is 0 Å². The van der Waals surface area contributed by atoms with Gasteiger partial charge >= 0.3 is 0 Å². The molecule has 0 fully saturated rings. The van der Waals surface area contributed by atoms with Crippen molar-refractivity contribution in [2.75, 3.05) is 0 Å². The molecule has 0 heterocycles. The third-order valence-corrected chi connectivity index (χ3v) is 4.54. The summed E-state index contributed by atoms with van der Waals surface area (Å²) in [4.78, 5) is 0. The minimum absolute atomic E-state index is 0.0938. The van der Waals surface area contributed by atoms with Gasteiger partial charge in [0, 0.05) is 6.04 Å². The maximum atomic E-state index is 5.72. The van der Waals surface area contributed by atoms with Crippen LogP contribution in [0, 0.1) is 6.92 Å². The van der Waals surface area contributed by atoms with Crippen LogP contribution in [0.1, 0.15) is 18.1 Å². The molecule has 1 heteroatoms. The van der Waals surface area contributed by atoms with Gasteiger partial charge in [0.2, 0.25) is 0 Å². The standard InChI is InChI=1S/C26H27N/c1-20-15-17-23(18-16-20)25-13-6-7-14-26(25)24-12-8-11-22(19-24)10-5-3-4-9-21(2)27/h3-9,11-19,21H,10,27H2,1-2H3/b5-3-,9-4-. The molecule has 27 heavy (non-hydrogen) atoms. The summed E-state index contributed by atoms with van der Waals surface area (Å²) in [6.45, 7) is 4.09. The van der Waals surface area contributed by atoms with Crippen LogP contribution in [0.4, 0.5) is 0 Å². The molecule has 3 aromatic rings. The van der Waals surface area contributed by atoms with Crippen molar-refractivity contribution >= 4 is 0 Å². The number of rotatable bonds is 6. The molecule has 1 unspecified atom stereocenters. The lowest BCUT2D eigenvalue weighted by Gasteiger charge is -2.11. The molecule has 0 aliphatic rings. The van der Waals surface area contributed by atoms with Gasteiger partial charge in [0.05, 0.1) is 0 Å². The first kappa shape index (κ1) is 18.9. The van der Waals surface area contributed by atoms with Crippen LogP contribution < -0.4 is 5.73 Å². The average molecular weight is 354 g/mol. The molecule has 136 valence electrons. The summed E-state index contributed by atoms with van der Waals surface area (Å²) in [6, 6.07) is 26.2. The predicted molar refractivity (Wildman–Crippen MR) is 118 cm³/mol. The first-order valence-electron chi connectivity index (χ1n) is 9.48. The fourth-order valence-electron chi connectivity index (χ4n) is 3.11. The van der Waals surface area contributed by atoms with E-state index >= 15 is 0 Å². The van der Waals surface area contributed by atoms with Gasteiger partial charge in [0.1, 0.15) is 0 Å². The highest BCUT2D eigenvalue weighted by Crippen LogP contribution is 2.32. The highest BCUT2D eigenvalue weighted by Gasteiger charge is 2.07. The maximum absolute atomic E-state index is 5.72. The Kier molecular flexibility index (Phi) is 6.40. The molecule has 1 atom stereocenters. The summed E-state index contributed by atoms with van der Waals surface area (Å²) < 4.78 is 0. The minimum atomic E-state index is 0.0938. The quantitative estimate of drug-likeness (QED) is 0.515. The number of benzene rings is 3. The van der Waals surface area contributed by atoms with E-state index in [1.165, 1.54) is 33.4 Å². The molecule has 0 bridgehead atoms. The van der Waals surface area contributed by atoms with Gasteiger partial charge < -0.3 is 5.73 Å². The first-order valence-corrected chi connectivity index (χ1v) is 9.48. The van der Waals surface area contributed by atoms with Crippen molar-refractivity contribution in [3.05, 3.63) is 108 Å². The molecule has 0 amide bonds. The van der Waals surface area contributed by atoms with Crippen molar-refractivity contribution in [2.24, 2.45) is 5.73 Å². The molecular formula is C26H27N. The number of hydrogen-bond acceptors (Lipinski definition) is 1. The van der Waals surface area contributed by atoms with Gasteiger partial charge in [-0.15, -0.1) is 0 Å². The van der Waals surface area contributed by atoms with Crippen LogP contribution in [0.2, 0.25) is 0 Å². The molecule has 2 N–H and O–H groups in total. The fraction of sp³-hybridized carbons (Fsp3) is 0.154. The monoisotopic (exact) mass is 353 g/mol. The lowest BCUT2D eigenvalue weighted by Crippen LogP contribution is -2.09. The van der Waals surface area contributed by atoms with Crippen LogP contribution in [-0.4, -0.2) is 6.04 Å². The van der Waals surface area contributed by atoms with Crippen molar-refractivity contribution in [3.8, 4) is 22.3 Å². The van der Waals surface area contributed by atoms with Crippen molar-refractivity contribution in [1.29, 1.82) is 0 Å². The molecule has 0 aromatic heterocycles. The first-order chi connectivity index (χ1) is 13.1. The number of allylic oxidation sites excluding steroid dienone is 3. The Labute approximate surface area is 162 Å². The lowest BCUT2D eigenvalue weighted by molar-refractivity contribution is 0.926. The third kappa shape index (κ3) is 5.29. The van der Waals surface area contributed by atoms with E-state index in [2.05, 4.69) is 91.9 Å². The summed E-state index contributed by atoms with van der Waals surface area (Å²) in [6.07, 6.45) is 9.15. The molecule has 0 aliphatic carbocycles. The number of aryl methyl sites for hydroxylation is 1. The van der Waals surface area contributed by atoms with Crippen LogP contribution in [0.3, 0.4) is 0 Å². The van der Waals surface area contributed by atoms with Crippen molar-refractivity contribution in [1.82, 2.24) is 0 Å². The topological polar surface area (TPSA) is 26.0 Å². The molecule has 0 saturated carbocycles. The van der Waals surface area contributed by atoms with Crippen LogP contribution in [0.15, 0.2) is 97.1 Å². The van der Waals surface area contributed by atoms with Crippen LogP contribution in [0.25, 0.3) is 22.3 Å². The Balaban J connectivity index is 1.86. The molecule has 0 spiro atoms. The Morgan fingerprint density at radius 2 is 1.52 bits per heavy atom. The van der Waals surface area contributed by atoms with Crippen molar-refractivity contribution in [3.63, 3.8) is 0 Å². The van der Waals surface area contributed by atoms with Gasteiger partial charge in [-0.25, -0.2) is 0 Å². The summed E-state index contributed by atoms with van der Waals surface area (Å²) in [5.74, 6) is 0. The normalized spacial score (nSPS) is 12.7. The van der Waals surface area contributed by atoms with E-state index in [9.17, 15) is 0 Å². The van der Waals surface area contributed by atoms with E-state index in [0.29, 0.717) is 0 Å². The summed E-state index contributed by atoms with van der Waals surface area (Å²) in [5, 5.41) is 0. The Bertz CT molecular complexity index is 930. The van der Waals surface area contributed by atoms with Gasteiger partial charge in [-0.2, -0.15) is 0 Å². The smallest absolute Gasteiger partial charge is 0.0197 e.